The van der Waals surface area contributed by atoms with E-state index in [-0.39, 0.29) is 22.1 Å². The van der Waals surface area contributed by atoms with Gasteiger partial charge in [0.25, 0.3) is 5.91 Å². The smallest absolute Gasteiger partial charge is 0.251 e. The van der Waals surface area contributed by atoms with E-state index in [4.69, 9.17) is 4.74 Å². The van der Waals surface area contributed by atoms with Crippen LogP contribution in [0, 0.1) is 0 Å². The molecule has 0 aliphatic carbocycles. The van der Waals surface area contributed by atoms with Gasteiger partial charge in [-0.25, -0.2) is 13.1 Å². The number of benzene rings is 1. The molecule has 1 rings (SSSR count). The third-order valence-corrected chi connectivity index (χ3v) is 4.51. The van der Waals surface area contributed by atoms with Crippen molar-refractivity contribution in [2.45, 2.75) is 24.8 Å². The van der Waals surface area contributed by atoms with Crippen molar-refractivity contribution in [1.82, 2.24) is 15.4 Å². The van der Waals surface area contributed by atoms with Crippen molar-refractivity contribution in [3.63, 3.8) is 0 Å². The van der Waals surface area contributed by atoms with Gasteiger partial charge in [0.15, 0.2) is 0 Å². The molecule has 0 saturated heterocycles. The summed E-state index contributed by atoms with van der Waals surface area (Å²) in [6, 6.07) is 3.27. The minimum absolute atomic E-state index is 0.107. The lowest BCUT2D eigenvalue weighted by Crippen LogP contribution is -2.44. The molecule has 0 radical (unpaired) electrons. The molecule has 0 unspecified atom stereocenters. The summed E-state index contributed by atoms with van der Waals surface area (Å²) in [6.45, 7) is 3.76. The monoisotopic (exact) mass is 343 g/mol. The fourth-order valence-electron chi connectivity index (χ4n) is 1.81. The van der Waals surface area contributed by atoms with Gasteiger partial charge in [-0.1, -0.05) is 0 Å². The third-order valence-electron chi connectivity index (χ3n) is 3.08. The fourth-order valence-corrected chi connectivity index (χ4v) is 2.73. The summed E-state index contributed by atoms with van der Waals surface area (Å²) >= 11 is 0. The van der Waals surface area contributed by atoms with Crippen LogP contribution in [0.15, 0.2) is 23.1 Å². The first-order valence-corrected chi connectivity index (χ1v) is 8.45. The summed E-state index contributed by atoms with van der Waals surface area (Å²) in [4.78, 5) is 23.7. The average Bonchev–Trinajstić information content (AvgIpc) is 2.54. The highest BCUT2D eigenvalue weighted by Crippen LogP contribution is 2.24. The van der Waals surface area contributed by atoms with Crippen LogP contribution < -0.4 is 20.1 Å². The van der Waals surface area contributed by atoms with Crippen LogP contribution in [-0.4, -0.2) is 47.0 Å². The van der Waals surface area contributed by atoms with E-state index < -0.39 is 22.0 Å². The number of hydrogen-bond donors (Lipinski definition) is 3. The number of carbonyl (C=O) groups is 2. The molecule has 8 nitrogen and oxygen atoms in total. The van der Waals surface area contributed by atoms with Crippen LogP contribution in [0.4, 0.5) is 0 Å². The van der Waals surface area contributed by atoms with Crippen LogP contribution in [0.3, 0.4) is 0 Å². The Bertz CT molecular complexity index is 688. The summed E-state index contributed by atoms with van der Waals surface area (Å²) in [5, 5.41) is 5.09. The predicted molar refractivity (Wildman–Crippen MR) is 84.9 cm³/mol. The van der Waals surface area contributed by atoms with E-state index in [2.05, 4.69) is 15.4 Å². The van der Waals surface area contributed by atoms with E-state index in [1.807, 2.05) is 0 Å². The number of nitrogens with one attached hydrogen (secondary N) is 3. The Kier molecular flexibility index (Phi) is 6.52. The molecular formula is C14H21N3O5S. The largest absolute Gasteiger partial charge is 0.495 e. The van der Waals surface area contributed by atoms with Crippen LogP contribution in [0.1, 0.15) is 24.2 Å². The van der Waals surface area contributed by atoms with Gasteiger partial charge in [0.2, 0.25) is 15.9 Å². The minimum atomic E-state index is -3.78. The SMILES string of the molecule is CCNC(=O)[C@@H](C)NC(=O)c1ccc(OC)c(S(=O)(=O)NC)c1. The summed E-state index contributed by atoms with van der Waals surface area (Å²) in [7, 11) is -1.19. The molecule has 0 aliphatic rings. The second kappa shape index (κ2) is 7.93. The summed E-state index contributed by atoms with van der Waals surface area (Å²) in [6.07, 6.45) is 0. The Morgan fingerprint density at radius 1 is 1.30 bits per heavy atom. The van der Waals surface area contributed by atoms with Gasteiger partial charge in [0.1, 0.15) is 16.7 Å². The molecule has 0 aliphatic heterocycles. The van der Waals surface area contributed by atoms with Crippen molar-refractivity contribution in [2.75, 3.05) is 20.7 Å². The summed E-state index contributed by atoms with van der Waals surface area (Å²) in [5.74, 6) is -0.760. The lowest BCUT2D eigenvalue weighted by Gasteiger charge is -2.14. The summed E-state index contributed by atoms with van der Waals surface area (Å²) in [5.41, 5.74) is 0.107. The van der Waals surface area contributed by atoms with Crippen LogP contribution in [0.5, 0.6) is 5.75 Å². The maximum atomic E-state index is 12.2. The topological polar surface area (TPSA) is 114 Å². The van der Waals surface area contributed by atoms with Crippen molar-refractivity contribution in [1.29, 1.82) is 0 Å². The number of ether oxygens (including phenoxy) is 1. The molecule has 9 heteroatoms. The Morgan fingerprint density at radius 2 is 1.96 bits per heavy atom. The standard InChI is InChI=1S/C14H21N3O5S/c1-5-16-13(18)9(2)17-14(19)10-6-7-11(22-4)12(8-10)23(20,21)15-3/h6-9,15H,5H2,1-4H3,(H,16,18)(H,17,19)/t9-/m1/s1. The van der Waals surface area contributed by atoms with Gasteiger partial charge < -0.3 is 15.4 Å². The molecule has 128 valence electrons. The van der Waals surface area contributed by atoms with Gasteiger partial charge in [0, 0.05) is 12.1 Å². The van der Waals surface area contributed by atoms with Crippen LogP contribution >= 0.6 is 0 Å². The molecule has 23 heavy (non-hydrogen) atoms. The van der Waals surface area contributed by atoms with Gasteiger partial charge in [-0.3, -0.25) is 9.59 Å². The molecule has 1 aromatic carbocycles. The van der Waals surface area contributed by atoms with Gasteiger partial charge >= 0.3 is 0 Å². The number of amides is 2. The van der Waals surface area contributed by atoms with E-state index in [1.165, 1.54) is 39.3 Å². The van der Waals surface area contributed by atoms with Crippen LogP contribution in [0.2, 0.25) is 0 Å². The number of methoxy groups -OCH3 is 1. The molecule has 0 saturated carbocycles. The highest BCUT2D eigenvalue weighted by molar-refractivity contribution is 7.89. The predicted octanol–water partition coefficient (Wildman–Crippen LogP) is -0.142. The first kappa shape index (κ1) is 18.9. The zero-order valence-electron chi connectivity index (χ0n) is 13.5. The van der Waals surface area contributed by atoms with Crippen molar-refractivity contribution in [3.05, 3.63) is 23.8 Å². The second-order valence-corrected chi connectivity index (χ2v) is 6.52. The Hall–Kier alpha value is -2.13. The zero-order chi connectivity index (χ0) is 17.6. The van der Waals surface area contributed by atoms with E-state index in [0.717, 1.165) is 0 Å². The first-order chi connectivity index (χ1) is 10.8. The van der Waals surface area contributed by atoms with Crippen LogP contribution in [-0.2, 0) is 14.8 Å². The molecular weight excluding hydrogens is 322 g/mol. The Labute approximate surface area is 135 Å². The Balaban J connectivity index is 3.08. The second-order valence-electron chi connectivity index (χ2n) is 4.66. The molecule has 1 aromatic rings. The number of sulfonamides is 1. The van der Waals surface area contributed by atoms with Gasteiger partial charge in [0.05, 0.1) is 7.11 Å². The molecule has 1 atom stereocenters. The quantitative estimate of drug-likeness (QED) is 0.637. The van der Waals surface area contributed by atoms with Crippen molar-refractivity contribution >= 4 is 21.8 Å². The van der Waals surface area contributed by atoms with Crippen molar-refractivity contribution < 1.29 is 22.7 Å². The summed E-state index contributed by atoms with van der Waals surface area (Å²) < 4.78 is 31.1. The van der Waals surface area contributed by atoms with E-state index in [9.17, 15) is 18.0 Å². The fraction of sp³-hybridized carbons (Fsp3) is 0.429. The van der Waals surface area contributed by atoms with Crippen LogP contribution in [0.25, 0.3) is 0 Å². The van der Waals surface area contributed by atoms with E-state index >= 15 is 0 Å². The maximum Gasteiger partial charge on any atom is 0.251 e. The molecule has 2 amide bonds. The third kappa shape index (κ3) is 4.67. The van der Waals surface area contributed by atoms with Crippen molar-refractivity contribution in [2.24, 2.45) is 0 Å². The number of rotatable bonds is 7. The Morgan fingerprint density at radius 3 is 2.48 bits per heavy atom. The normalized spacial score (nSPS) is 12.3. The molecule has 0 fully saturated rings. The molecule has 0 heterocycles. The average molecular weight is 343 g/mol. The number of hydrogen-bond acceptors (Lipinski definition) is 5. The zero-order valence-corrected chi connectivity index (χ0v) is 14.3. The van der Waals surface area contributed by atoms with E-state index in [0.29, 0.717) is 6.54 Å². The first-order valence-electron chi connectivity index (χ1n) is 6.97. The highest BCUT2D eigenvalue weighted by atomic mass is 32.2. The number of likely N-dealkylation sites (N-methyl/N-ethyl adjacent to an activating group) is 1. The maximum absolute atomic E-state index is 12.2. The minimum Gasteiger partial charge on any atom is -0.495 e. The van der Waals surface area contributed by atoms with Gasteiger partial charge in [-0.2, -0.15) is 0 Å². The lowest BCUT2D eigenvalue weighted by atomic mass is 10.2. The van der Waals surface area contributed by atoms with E-state index in [1.54, 1.807) is 6.92 Å². The molecule has 0 bridgehead atoms. The number of carbonyl (C=O) groups excluding carboxylic acids is 2. The molecule has 3 N–H and O–H groups in total. The highest BCUT2D eigenvalue weighted by Gasteiger charge is 2.21. The van der Waals surface area contributed by atoms with Gasteiger partial charge in [-0.05, 0) is 39.1 Å². The molecule has 0 aromatic heterocycles. The molecule has 0 spiro atoms. The van der Waals surface area contributed by atoms with Gasteiger partial charge in [-0.15, -0.1) is 0 Å². The van der Waals surface area contributed by atoms with Crippen molar-refractivity contribution in [3.8, 4) is 5.75 Å². The lowest BCUT2D eigenvalue weighted by molar-refractivity contribution is -0.122.